The van der Waals surface area contributed by atoms with Gasteiger partial charge in [-0.3, -0.25) is 72.9 Å². The Morgan fingerprint density at radius 2 is 0.637 bits per heavy atom. The number of H-pyrrole nitrogens is 5. The molecule has 2 amide bonds. The number of amides is 2. The van der Waals surface area contributed by atoms with E-state index in [1.54, 1.807) is 137 Å². The molecule has 1 fully saturated rings. The second-order valence-electron chi connectivity index (χ2n) is 29.3. The fourth-order valence-electron chi connectivity index (χ4n) is 13.7. The molecule has 5 aromatic carbocycles. The Kier molecular flexibility index (Phi) is 30.3. The largest absolute Gasteiger partial charge is 0.369 e. The summed E-state index contributed by atoms with van der Waals surface area (Å²) >= 11 is 0. The van der Waals surface area contributed by atoms with Crippen LogP contribution >= 0.6 is 0 Å². The fraction of sp³-hybridized carbons (Fsp3) is 0.150. The molecule has 0 radical (unpaired) electrons. The van der Waals surface area contributed by atoms with Crippen molar-refractivity contribution in [3.05, 3.63) is 424 Å². The van der Waals surface area contributed by atoms with Crippen molar-refractivity contribution in [1.29, 1.82) is 0 Å². The van der Waals surface area contributed by atoms with Gasteiger partial charge in [-0.25, -0.2) is 0 Å². The van der Waals surface area contributed by atoms with Gasteiger partial charge in [0.25, 0.3) is 39.6 Å². The van der Waals surface area contributed by atoms with E-state index in [1.165, 1.54) is 21.1 Å². The van der Waals surface area contributed by atoms with Crippen LogP contribution < -0.4 is 42.5 Å². The second kappa shape index (κ2) is 42.8. The normalized spacial score (nSPS) is 11.5. The zero-order valence-corrected chi connectivity index (χ0v) is 69.4. The highest BCUT2D eigenvalue weighted by molar-refractivity contribution is 6.07. The van der Waals surface area contributed by atoms with E-state index in [0.29, 0.717) is 0 Å². The van der Waals surface area contributed by atoms with Gasteiger partial charge in [0.05, 0.1) is 16.7 Å². The third kappa shape index (κ3) is 23.6. The summed E-state index contributed by atoms with van der Waals surface area (Å²) in [6, 6.07) is 67.0. The van der Waals surface area contributed by atoms with Crippen LogP contribution in [0.3, 0.4) is 0 Å². The van der Waals surface area contributed by atoms with Crippen molar-refractivity contribution in [2.45, 2.75) is 53.4 Å². The lowest BCUT2D eigenvalue weighted by Gasteiger charge is -2.35. The molecule has 0 bridgehead atoms. The summed E-state index contributed by atoms with van der Waals surface area (Å²) in [5.41, 5.74) is 16.0. The number of aryl methyl sites for hydroxylation is 3. The van der Waals surface area contributed by atoms with Gasteiger partial charge in [-0.2, -0.15) is 0 Å². The highest BCUT2D eigenvalue weighted by atomic mass is 16.2. The number of anilines is 3. The number of benzene rings is 5. The molecule has 1 saturated heterocycles. The lowest BCUT2D eigenvalue weighted by Crippen LogP contribution is -2.46. The van der Waals surface area contributed by atoms with Gasteiger partial charge >= 0.3 is 0 Å². The van der Waals surface area contributed by atoms with Crippen LogP contribution in [0.2, 0.25) is 0 Å². The van der Waals surface area contributed by atoms with E-state index < -0.39 is 11.1 Å². The van der Waals surface area contributed by atoms with Gasteiger partial charge in [-0.15, -0.1) is 0 Å². The van der Waals surface area contributed by atoms with E-state index in [9.17, 15) is 47.9 Å². The third-order valence-corrected chi connectivity index (χ3v) is 20.8. The third-order valence-electron chi connectivity index (χ3n) is 20.8. The minimum Gasteiger partial charge on any atom is -0.369 e. The lowest BCUT2D eigenvalue weighted by atomic mass is 9.99. The Balaban J connectivity index is 0.000000142. The zero-order valence-electron chi connectivity index (χ0n) is 69.4. The molecule has 16 rings (SSSR count). The predicted molar refractivity (Wildman–Crippen MR) is 486 cm³/mol. The van der Waals surface area contributed by atoms with Crippen molar-refractivity contribution in [3.63, 3.8) is 0 Å². The Hall–Kier alpha value is -15.7. The van der Waals surface area contributed by atoms with Crippen molar-refractivity contribution < 1.29 is 24.0 Å². The number of hydrogen-bond donors (Lipinski definition) is 5. The van der Waals surface area contributed by atoms with Crippen LogP contribution in [0.15, 0.2) is 335 Å². The smallest absolute Gasteiger partial charge is 0.263 e. The zero-order chi connectivity index (χ0) is 87.4. The molecule has 1 aliphatic rings. The molecule has 5 N–H and O–H groups in total. The van der Waals surface area contributed by atoms with Crippen LogP contribution in [0.5, 0.6) is 0 Å². The average molecular weight is 1650 g/mol. The van der Waals surface area contributed by atoms with Crippen molar-refractivity contribution in [3.8, 4) is 55.6 Å². The first kappa shape index (κ1) is 87.6. The predicted octanol–water partition coefficient (Wildman–Crippen LogP) is 15.3. The first-order chi connectivity index (χ1) is 60.2. The number of rotatable bonds is 21. The van der Waals surface area contributed by atoms with E-state index in [-0.39, 0.29) is 92.9 Å². The first-order valence-electron chi connectivity index (χ1n) is 40.3. The number of likely N-dealkylation sites (N-methyl/N-ethyl adjacent to an activating group) is 1. The van der Waals surface area contributed by atoms with Gasteiger partial charge in [0.15, 0.2) is 17.3 Å². The Bertz CT molecular complexity index is 6480. The average Bonchev–Trinajstić information content (AvgIpc) is 0.831. The summed E-state index contributed by atoms with van der Waals surface area (Å²) in [7, 11) is 3.31. The molecular formula is C100H92N14O10. The monoisotopic (exact) mass is 1650 g/mol. The van der Waals surface area contributed by atoms with E-state index in [0.717, 1.165) is 134 Å². The van der Waals surface area contributed by atoms with Crippen LogP contribution in [0.4, 0.5) is 17.1 Å². The van der Waals surface area contributed by atoms with Gasteiger partial charge in [-0.1, -0.05) is 116 Å². The molecule has 24 nitrogen and oxygen atoms in total. The topological polar surface area (TPSA) is 327 Å². The van der Waals surface area contributed by atoms with E-state index in [1.807, 2.05) is 190 Å². The molecule has 11 heterocycles. The maximum atomic E-state index is 12.8. The molecule has 622 valence electrons. The number of aromatic amines is 5. The van der Waals surface area contributed by atoms with Crippen LogP contribution in [0.25, 0.3) is 55.6 Å². The van der Waals surface area contributed by atoms with Crippen molar-refractivity contribution in [1.82, 2.24) is 54.7 Å². The molecule has 124 heavy (non-hydrogen) atoms. The number of Topliss-reactive ketones (excluding diaryl/α,β-unsaturated/α-hetero) is 3. The Labute approximate surface area is 715 Å². The minimum absolute atomic E-state index is 0.102. The molecule has 1 aliphatic heterocycles. The summed E-state index contributed by atoms with van der Waals surface area (Å²) in [4.78, 5) is 165. The number of carbonyl (C=O) groups excluding carboxylic acids is 5. The molecular weight excluding hydrogens is 1560 g/mol. The van der Waals surface area contributed by atoms with Gasteiger partial charge in [-0.05, 0) is 232 Å². The quantitative estimate of drug-likeness (QED) is 0.0417. The summed E-state index contributed by atoms with van der Waals surface area (Å²) < 4.78 is 0. The van der Waals surface area contributed by atoms with E-state index >= 15 is 0 Å². The molecule has 0 unspecified atom stereocenters. The number of nitrogens with zero attached hydrogens (tertiary/aromatic N) is 9. The maximum absolute atomic E-state index is 12.8. The summed E-state index contributed by atoms with van der Waals surface area (Å²) in [6.45, 7) is 13.5. The number of carbonyl (C=O) groups is 5. The molecule has 24 heteroatoms. The fourth-order valence-corrected chi connectivity index (χ4v) is 13.7. The molecule has 0 aliphatic carbocycles. The molecule has 0 spiro atoms. The Morgan fingerprint density at radius 1 is 0.315 bits per heavy atom. The lowest BCUT2D eigenvalue weighted by molar-refractivity contribution is 0.0983. The second-order valence-corrected chi connectivity index (χ2v) is 29.3. The highest BCUT2D eigenvalue weighted by Gasteiger charge is 2.23. The van der Waals surface area contributed by atoms with Crippen molar-refractivity contribution >= 4 is 46.2 Å². The number of piperazine rings is 1. The number of pyridine rings is 10. The van der Waals surface area contributed by atoms with Crippen molar-refractivity contribution in [2.24, 2.45) is 0 Å². The highest BCUT2D eigenvalue weighted by Crippen LogP contribution is 2.26. The first-order valence-corrected chi connectivity index (χ1v) is 40.3. The minimum atomic E-state index is -0.407. The summed E-state index contributed by atoms with van der Waals surface area (Å²) in [5.74, 6) is -1.26. The van der Waals surface area contributed by atoms with Gasteiger partial charge < -0.3 is 44.5 Å². The van der Waals surface area contributed by atoms with Gasteiger partial charge in [0, 0.05) is 170 Å². The van der Waals surface area contributed by atoms with E-state index in [2.05, 4.69) is 85.6 Å². The van der Waals surface area contributed by atoms with Gasteiger partial charge in [0.2, 0.25) is 0 Å². The number of ketones is 3. The number of aromatic nitrogens is 10. The summed E-state index contributed by atoms with van der Waals surface area (Å²) in [5, 5.41) is 0. The van der Waals surface area contributed by atoms with Crippen LogP contribution in [0, 0.1) is 13.8 Å². The molecule has 15 aromatic rings. The van der Waals surface area contributed by atoms with E-state index in [4.69, 9.17) is 0 Å². The number of para-hydroxylation sites is 1. The maximum Gasteiger partial charge on any atom is 0.263 e. The van der Waals surface area contributed by atoms with Crippen LogP contribution in [-0.2, 0) is 25.7 Å². The van der Waals surface area contributed by atoms with Crippen LogP contribution in [-0.4, -0.2) is 131 Å². The summed E-state index contributed by atoms with van der Waals surface area (Å²) in [6.07, 6.45) is 26.3. The Morgan fingerprint density at radius 3 is 0.992 bits per heavy atom. The standard InChI is InChI=1S/C24H26N4O2.C20H18N2O2.C19H17N3O2.C19H16N2O2.C18H15N3O2/c1-2-27-11-13-28(14-12-27)21-5-3-18(4-6-21)15-23(29)22-16-20(17-26-24(22)30)19-7-9-25-10-8-19;1-2-14-4-3-5-15(10-14)11-19(23)18-12-17(13-22-20(18)24)16-6-8-21-9-7-16;1-13-3-5-16(6-4-13)22(2)19(24)17-11-15(12-21-18(17)23)14-7-9-20-10-8-14;1-13-3-2-4-14(9-13)10-18(22)17-11-16(12-21-19(17)23)15-5-7-20-8-6-15;1-21(15-5-3-2-4-6-15)18(23)16-11-14(12-20-17(16)22)13-7-9-19-10-8-13/h3-10,16-17H,2,11-15H2,1H3,(H,26,30);3-10,12-13H,2,11H2,1H3,(H,22,24);3-12H,1-2H3,(H,21,23);2-9,11-12H,10H2,1H3,(H,21,23);2-12H,1H3,(H,20,22). The molecule has 0 atom stereocenters. The number of nitrogens with one attached hydrogen (secondary N) is 5. The SMILES string of the molecule is CCN1CCN(c2ccc(CC(=O)c3cc(-c4ccncc4)c[nH]c3=O)cc2)CC1.CCc1cccc(CC(=O)c2cc(-c3ccncc3)c[nH]c2=O)c1.CN(C(=O)c1cc(-c2ccncc2)c[nH]c1=O)c1ccccc1.Cc1ccc(N(C)C(=O)c2cc(-c3ccncc3)c[nH]c2=O)cc1.Cc1cccc(CC(=O)c2cc(-c3ccncc3)c[nH]c2=O)c1. The molecule has 0 saturated carbocycles. The van der Waals surface area contributed by atoms with Crippen molar-refractivity contribution in [2.75, 3.05) is 61.5 Å². The molecule has 10 aromatic heterocycles. The van der Waals surface area contributed by atoms with Crippen LogP contribution in [0.1, 0.15) is 99.0 Å². The van der Waals surface area contributed by atoms with Gasteiger partial charge in [0.1, 0.15) is 11.1 Å². The number of hydrogen-bond acceptors (Lipinski definition) is 17.